The lowest BCUT2D eigenvalue weighted by Gasteiger charge is -2.57. The minimum absolute atomic E-state index is 0.236. The normalized spacial score (nSPS) is 44.0. The highest BCUT2D eigenvalue weighted by Crippen LogP contribution is 2.66. The maximum atomic E-state index is 11.9. The van der Waals surface area contributed by atoms with E-state index >= 15 is 0 Å². The first-order valence-electron chi connectivity index (χ1n) is 10.3. The summed E-state index contributed by atoms with van der Waals surface area (Å²) in [6.45, 7) is 6.26. The van der Waals surface area contributed by atoms with E-state index in [1.807, 2.05) is 6.08 Å². The van der Waals surface area contributed by atoms with Crippen molar-refractivity contribution in [3.05, 3.63) is 11.6 Å². The Kier molecular flexibility index (Phi) is 4.29. The van der Waals surface area contributed by atoms with Gasteiger partial charge in [0.05, 0.1) is 0 Å². The molecule has 0 amide bonds. The molecular formula is C23H30O3. The van der Waals surface area contributed by atoms with E-state index in [1.165, 1.54) is 38.2 Å². The van der Waals surface area contributed by atoms with Crippen LogP contribution in [-0.4, -0.2) is 11.8 Å². The van der Waals surface area contributed by atoms with Crippen molar-refractivity contribution in [2.75, 3.05) is 0 Å². The van der Waals surface area contributed by atoms with Crippen molar-refractivity contribution in [2.45, 2.75) is 72.1 Å². The number of allylic oxidation sites excluding steroid dienone is 1. The third kappa shape index (κ3) is 2.65. The summed E-state index contributed by atoms with van der Waals surface area (Å²) in [5.74, 6) is 5.80. The number of ketones is 1. The molecule has 4 aliphatic carbocycles. The third-order valence-electron chi connectivity index (χ3n) is 8.39. The van der Waals surface area contributed by atoms with Gasteiger partial charge in [-0.2, -0.15) is 0 Å². The molecule has 3 nitrogen and oxygen atoms in total. The Morgan fingerprint density at radius 2 is 1.92 bits per heavy atom. The maximum Gasteiger partial charge on any atom is 0.316 e. The highest BCUT2D eigenvalue weighted by molar-refractivity contribution is 5.91. The van der Waals surface area contributed by atoms with Crippen LogP contribution < -0.4 is 0 Å². The van der Waals surface area contributed by atoms with Crippen molar-refractivity contribution in [2.24, 2.45) is 34.5 Å². The molecule has 0 saturated heterocycles. The quantitative estimate of drug-likeness (QED) is 0.469. The van der Waals surface area contributed by atoms with E-state index in [2.05, 4.69) is 25.9 Å². The molecule has 0 aromatic heterocycles. The van der Waals surface area contributed by atoms with Crippen LogP contribution in [0.3, 0.4) is 0 Å². The van der Waals surface area contributed by atoms with Crippen LogP contribution >= 0.6 is 0 Å². The molecule has 0 aromatic rings. The van der Waals surface area contributed by atoms with Gasteiger partial charge in [0.2, 0.25) is 0 Å². The van der Waals surface area contributed by atoms with Gasteiger partial charge in [-0.15, -0.1) is 0 Å². The predicted molar refractivity (Wildman–Crippen MR) is 99.7 cm³/mol. The van der Waals surface area contributed by atoms with Gasteiger partial charge in [0, 0.05) is 19.3 Å². The molecule has 3 fully saturated rings. The number of carbonyl (C=O) groups is 2. The number of carbonyl (C=O) groups excluding carboxylic acids is 2. The summed E-state index contributed by atoms with van der Waals surface area (Å²) < 4.78 is 4.89. The Bertz CT molecular complexity index is 723. The molecular weight excluding hydrogens is 324 g/mol. The lowest BCUT2D eigenvalue weighted by molar-refractivity contribution is -0.134. The number of hydrogen-bond donors (Lipinski definition) is 0. The smallest absolute Gasteiger partial charge is 0.316 e. The van der Waals surface area contributed by atoms with Gasteiger partial charge in [0.1, 0.15) is 6.11 Å². The first kappa shape index (κ1) is 17.8. The molecule has 0 bridgehead atoms. The molecule has 0 N–H and O–H groups in total. The SMILES string of the molecule is CC(=O)OC#CC1CC[C@H]2[C@@H]3CCC4=CC(=O)CC[C@]4(C)[C@@H]3CC[C@]12C. The standard InChI is InChI=1S/C23H30O3/c1-15(24)26-13-10-16-5-7-20-19-6-4-17-14-18(25)8-11-23(17,3)21(19)9-12-22(16,20)2/h14,16,19-21H,4-9,11-12H2,1-3H3/t16?,19-,20-,21+,22+,23-/m0/s1. The minimum Gasteiger partial charge on any atom is -0.372 e. The van der Waals surface area contributed by atoms with Crippen LogP contribution in [0.25, 0.3) is 0 Å². The second-order valence-electron chi connectivity index (χ2n) is 9.48. The summed E-state index contributed by atoms with van der Waals surface area (Å²) in [6, 6.07) is 0. The summed E-state index contributed by atoms with van der Waals surface area (Å²) in [5, 5.41) is 0. The van der Waals surface area contributed by atoms with E-state index < -0.39 is 0 Å². The molecule has 3 saturated carbocycles. The predicted octanol–water partition coefficient (Wildman–Crippen LogP) is 4.66. The van der Waals surface area contributed by atoms with Gasteiger partial charge >= 0.3 is 5.97 Å². The van der Waals surface area contributed by atoms with Crippen LogP contribution in [-0.2, 0) is 14.3 Å². The maximum absolute atomic E-state index is 11.9. The summed E-state index contributed by atoms with van der Waals surface area (Å²) in [4.78, 5) is 22.9. The Morgan fingerprint density at radius 1 is 1.12 bits per heavy atom. The summed E-state index contributed by atoms with van der Waals surface area (Å²) in [5.41, 5.74) is 1.92. The second kappa shape index (κ2) is 6.25. The van der Waals surface area contributed by atoms with Crippen molar-refractivity contribution < 1.29 is 14.3 Å². The third-order valence-corrected chi connectivity index (χ3v) is 8.39. The highest BCUT2D eigenvalue weighted by Gasteiger charge is 2.58. The van der Waals surface area contributed by atoms with Crippen molar-refractivity contribution in [1.29, 1.82) is 0 Å². The van der Waals surface area contributed by atoms with Gasteiger partial charge in [0.25, 0.3) is 0 Å². The largest absolute Gasteiger partial charge is 0.372 e. The van der Waals surface area contributed by atoms with E-state index in [0.717, 1.165) is 31.6 Å². The van der Waals surface area contributed by atoms with E-state index in [9.17, 15) is 9.59 Å². The average molecular weight is 354 g/mol. The molecule has 4 aliphatic rings. The molecule has 0 heterocycles. The Hall–Kier alpha value is -1.56. The molecule has 26 heavy (non-hydrogen) atoms. The number of fused-ring (bicyclic) bond motifs is 5. The zero-order chi connectivity index (χ0) is 18.5. The van der Waals surface area contributed by atoms with Crippen LogP contribution in [0.15, 0.2) is 11.6 Å². The summed E-state index contributed by atoms with van der Waals surface area (Å²) >= 11 is 0. The fraction of sp³-hybridized carbons (Fsp3) is 0.739. The molecule has 0 aromatic carbocycles. The lowest BCUT2D eigenvalue weighted by Crippen LogP contribution is -2.50. The molecule has 1 unspecified atom stereocenters. The molecule has 0 spiro atoms. The van der Waals surface area contributed by atoms with Gasteiger partial charge in [0.15, 0.2) is 5.78 Å². The Morgan fingerprint density at radius 3 is 2.69 bits per heavy atom. The Labute approximate surface area is 156 Å². The van der Waals surface area contributed by atoms with Crippen molar-refractivity contribution in [3.63, 3.8) is 0 Å². The van der Waals surface area contributed by atoms with E-state index in [0.29, 0.717) is 23.5 Å². The number of ether oxygens (including phenoxy) is 1. The van der Waals surface area contributed by atoms with Crippen molar-refractivity contribution in [1.82, 2.24) is 0 Å². The fourth-order valence-electron chi connectivity index (χ4n) is 6.97. The van der Waals surface area contributed by atoms with Crippen molar-refractivity contribution in [3.8, 4) is 12.0 Å². The zero-order valence-electron chi connectivity index (χ0n) is 16.3. The van der Waals surface area contributed by atoms with Gasteiger partial charge in [-0.25, -0.2) is 0 Å². The fourth-order valence-corrected chi connectivity index (χ4v) is 6.97. The van der Waals surface area contributed by atoms with E-state index in [1.54, 1.807) is 0 Å². The molecule has 140 valence electrons. The monoisotopic (exact) mass is 354 g/mol. The number of esters is 1. The molecule has 6 atom stereocenters. The number of rotatable bonds is 0. The highest BCUT2D eigenvalue weighted by atomic mass is 16.5. The van der Waals surface area contributed by atoms with Gasteiger partial charge < -0.3 is 4.74 Å². The van der Waals surface area contributed by atoms with Crippen LogP contribution in [0.1, 0.15) is 72.1 Å². The van der Waals surface area contributed by atoms with E-state index in [-0.39, 0.29) is 16.8 Å². The molecule has 3 heteroatoms. The van der Waals surface area contributed by atoms with E-state index in [4.69, 9.17) is 4.74 Å². The first-order chi connectivity index (χ1) is 12.3. The van der Waals surface area contributed by atoms with Gasteiger partial charge in [-0.05, 0) is 79.6 Å². The zero-order valence-corrected chi connectivity index (χ0v) is 16.3. The summed E-state index contributed by atoms with van der Waals surface area (Å²) in [6.07, 6.45) is 13.5. The second-order valence-corrected chi connectivity index (χ2v) is 9.48. The van der Waals surface area contributed by atoms with Crippen LogP contribution in [0.4, 0.5) is 0 Å². The minimum atomic E-state index is -0.327. The topological polar surface area (TPSA) is 43.4 Å². The van der Waals surface area contributed by atoms with Crippen LogP contribution in [0.2, 0.25) is 0 Å². The molecule has 4 rings (SSSR count). The van der Waals surface area contributed by atoms with Gasteiger partial charge in [-0.1, -0.05) is 25.3 Å². The average Bonchev–Trinajstić information content (AvgIpc) is 2.92. The molecule has 0 radical (unpaired) electrons. The van der Waals surface area contributed by atoms with Crippen molar-refractivity contribution >= 4 is 11.8 Å². The molecule has 0 aliphatic heterocycles. The first-order valence-corrected chi connectivity index (χ1v) is 10.3. The van der Waals surface area contributed by atoms with Crippen LogP contribution in [0, 0.1) is 46.5 Å². The van der Waals surface area contributed by atoms with Crippen LogP contribution in [0.5, 0.6) is 0 Å². The Balaban J connectivity index is 1.58. The van der Waals surface area contributed by atoms with Gasteiger partial charge in [-0.3, -0.25) is 9.59 Å². The lowest BCUT2D eigenvalue weighted by atomic mass is 9.47. The number of hydrogen-bond acceptors (Lipinski definition) is 3. The summed E-state index contributed by atoms with van der Waals surface area (Å²) in [7, 11) is 0.